The van der Waals surface area contributed by atoms with Crippen molar-refractivity contribution in [1.29, 1.82) is 0 Å². The number of carbonyl (C=O) groups is 1. The zero-order valence-corrected chi connectivity index (χ0v) is 12.4. The van der Waals surface area contributed by atoms with E-state index < -0.39 is 0 Å². The molecule has 0 aliphatic rings. The van der Waals surface area contributed by atoms with Crippen molar-refractivity contribution in [2.75, 3.05) is 11.9 Å². The molecule has 1 heterocycles. The molecule has 0 saturated heterocycles. The van der Waals surface area contributed by atoms with Crippen molar-refractivity contribution in [3.05, 3.63) is 47.9 Å². The van der Waals surface area contributed by atoms with Crippen LogP contribution in [-0.2, 0) is 0 Å². The molecule has 21 heavy (non-hydrogen) atoms. The number of nitrogens with zero attached hydrogens (tertiary/aromatic N) is 2. The molecule has 1 aromatic carbocycles. The van der Waals surface area contributed by atoms with Gasteiger partial charge in [0.2, 0.25) is 0 Å². The van der Waals surface area contributed by atoms with E-state index in [0.717, 1.165) is 18.5 Å². The first kappa shape index (κ1) is 15.0. The molecule has 5 nitrogen and oxygen atoms in total. The van der Waals surface area contributed by atoms with E-state index in [1.807, 2.05) is 31.2 Å². The van der Waals surface area contributed by atoms with Gasteiger partial charge in [0.15, 0.2) is 0 Å². The number of hydrogen-bond donors (Lipinski definition) is 2. The summed E-state index contributed by atoms with van der Waals surface area (Å²) in [5.74, 6) is 0.432. The summed E-state index contributed by atoms with van der Waals surface area (Å²) >= 11 is 0. The third-order valence-corrected chi connectivity index (χ3v) is 3.02. The number of aryl methyl sites for hydroxylation is 1. The van der Waals surface area contributed by atoms with Crippen LogP contribution in [0.1, 0.15) is 35.8 Å². The molecule has 1 aromatic heterocycles. The lowest BCUT2D eigenvalue weighted by atomic mass is 10.2. The van der Waals surface area contributed by atoms with Crippen LogP contribution in [0.3, 0.4) is 0 Å². The van der Waals surface area contributed by atoms with Crippen molar-refractivity contribution in [3.63, 3.8) is 0 Å². The number of hydrogen-bond acceptors (Lipinski definition) is 4. The van der Waals surface area contributed by atoms with Gasteiger partial charge in [0.25, 0.3) is 5.91 Å². The molecule has 2 rings (SSSR count). The molecule has 0 atom stereocenters. The van der Waals surface area contributed by atoms with Gasteiger partial charge in [-0.25, -0.2) is 9.97 Å². The van der Waals surface area contributed by atoms with Crippen LogP contribution in [0.25, 0.3) is 0 Å². The minimum atomic E-state index is -0.183. The van der Waals surface area contributed by atoms with Gasteiger partial charge in [-0.15, -0.1) is 0 Å². The lowest BCUT2D eigenvalue weighted by molar-refractivity contribution is 0.0948. The molecule has 5 heteroatoms. The van der Waals surface area contributed by atoms with Crippen molar-refractivity contribution in [2.45, 2.75) is 26.7 Å². The minimum Gasteiger partial charge on any atom is -0.351 e. The van der Waals surface area contributed by atoms with E-state index in [2.05, 4.69) is 27.5 Å². The molecule has 0 radical (unpaired) electrons. The molecule has 0 unspecified atom stereocenters. The second kappa shape index (κ2) is 7.38. The number of nitrogens with one attached hydrogen (secondary N) is 2. The third kappa shape index (κ3) is 4.56. The van der Waals surface area contributed by atoms with Crippen LogP contribution < -0.4 is 10.6 Å². The molecule has 0 fully saturated rings. The average molecular weight is 284 g/mol. The lowest BCUT2D eigenvalue weighted by Crippen LogP contribution is -2.25. The molecule has 2 N–H and O–H groups in total. The summed E-state index contributed by atoms with van der Waals surface area (Å²) in [6.07, 6.45) is 5.06. The Morgan fingerprint density at radius 1 is 1.14 bits per heavy atom. The van der Waals surface area contributed by atoms with E-state index in [1.54, 1.807) is 6.20 Å². The summed E-state index contributed by atoms with van der Waals surface area (Å²) in [6, 6.07) is 7.99. The second-order valence-corrected chi connectivity index (χ2v) is 4.89. The van der Waals surface area contributed by atoms with E-state index >= 15 is 0 Å². The largest absolute Gasteiger partial charge is 0.351 e. The smallest absolute Gasteiger partial charge is 0.271 e. The van der Waals surface area contributed by atoms with Gasteiger partial charge >= 0.3 is 0 Å². The van der Waals surface area contributed by atoms with E-state index in [-0.39, 0.29) is 5.91 Å². The van der Waals surface area contributed by atoms with Crippen molar-refractivity contribution in [1.82, 2.24) is 15.3 Å². The SMILES string of the molecule is CCCCNC(=O)c1cnc(Nc2ccc(C)cc2)cn1. The fourth-order valence-electron chi connectivity index (χ4n) is 1.76. The summed E-state index contributed by atoms with van der Waals surface area (Å²) in [7, 11) is 0. The van der Waals surface area contributed by atoms with Gasteiger partial charge in [-0.1, -0.05) is 31.0 Å². The first-order valence-electron chi connectivity index (χ1n) is 7.13. The average Bonchev–Trinajstić information content (AvgIpc) is 2.50. The first-order chi connectivity index (χ1) is 10.2. The van der Waals surface area contributed by atoms with Crippen LogP contribution in [0.5, 0.6) is 0 Å². The Labute approximate surface area is 124 Å². The van der Waals surface area contributed by atoms with E-state index in [9.17, 15) is 4.79 Å². The van der Waals surface area contributed by atoms with Gasteiger partial charge in [-0.3, -0.25) is 4.79 Å². The third-order valence-electron chi connectivity index (χ3n) is 3.02. The maximum atomic E-state index is 11.8. The van der Waals surface area contributed by atoms with Crippen LogP contribution in [0.2, 0.25) is 0 Å². The minimum absolute atomic E-state index is 0.183. The zero-order valence-electron chi connectivity index (χ0n) is 12.4. The Morgan fingerprint density at radius 2 is 1.90 bits per heavy atom. The van der Waals surface area contributed by atoms with Gasteiger partial charge in [-0.2, -0.15) is 0 Å². The monoisotopic (exact) mass is 284 g/mol. The molecule has 0 spiro atoms. The fourth-order valence-corrected chi connectivity index (χ4v) is 1.76. The summed E-state index contributed by atoms with van der Waals surface area (Å²) in [5, 5.41) is 5.96. The van der Waals surface area contributed by atoms with Crippen molar-refractivity contribution >= 4 is 17.4 Å². The van der Waals surface area contributed by atoms with Crippen LogP contribution >= 0.6 is 0 Å². The number of benzene rings is 1. The van der Waals surface area contributed by atoms with E-state index in [4.69, 9.17) is 0 Å². The molecule has 110 valence electrons. The quantitative estimate of drug-likeness (QED) is 0.800. The maximum Gasteiger partial charge on any atom is 0.271 e. The van der Waals surface area contributed by atoms with Crippen LogP contribution in [0.4, 0.5) is 11.5 Å². The molecule has 0 saturated carbocycles. The highest BCUT2D eigenvalue weighted by atomic mass is 16.1. The predicted molar refractivity (Wildman–Crippen MR) is 83.7 cm³/mol. The molecule has 2 aromatic rings. The maximum absolute atomic E-state index is 11.8. The molecular weight excluding hydrogens is 264 g/mol. The number of anilines is 2. The van der Waals surface area contributed by atoms with Gasteiger partial charge in [-0.05, 0) is 25.5 Å². The Hall–Kier alpha value is -2.43. The number of unbranched alkanes of at least 4 members (excludes halogenated alkanes) is 1. The standard InChI is InChI=1S/C16H20N4O/c1-3-4-9-17-16(21)14-10-19-15(11-18-14)20-13-7-5-12(2)6-8-13/h5-8,10-11H,3-4,9H2,1-2H3,(H,17,21)(H,19,20). The van der Waals surface area contributed by atoms with Gasteiger partial charge in [0, 0.05) is 12.2 Å². The van der Waals surface area contributed by atoms with Gasteiger partial charge in [0.05, 0.1) is 12.4 Å². The summed E-state index contributed by atoms with van der Waals surface area (Å²) in [5.41, 5.74) is 2.47. The van der Waals surface area contributed by atoms with Gasteiger partial charge in [0.1, 0.15) is 11.5 Å². The number of rotatable bonds is 6. The summed E-state index contributed by atoms with van der Waals surface area (Å²) in [6.45, 7) is 4.79. The Balaban J connectivity index is 1.95. The van der Waals surface area contributed by atoms with Crippen LogP contribution in [0, 0.1) is 6.92 Å². The molecular formula is C16H20N4O. The zero-order chi connectivity index (χ0) is 15.1. The first-order valence-corrected chi connectivity index (χ1v) is 7.13. The summed E-state index contributed by atoms with van der Waals surface area (Å²) in [4.78, 5) is 20.1. The highest BCUT2D eigenvalue weighted by molar-refractivity contribution is 5.92. The normalized spacial score (nSPS) is 10.2. The highest BCUT2D eigenvalue weighted by Crippen LogP contribution is 2.14. The van der Waals surface area contributed by atoms with Gasteiger partial charge < -0.3 is 10.6 Å². The van der Waals surface area contributed by atoms with Crippen LogP contribution in [0.15, 0.2) is 36.7 Å². The van der Waals surface area contributed by atoms with Crippen molar-refractivity contribution < 1.29 is 4.79 Å². The van der Waals surface area contributed by atoms with Crippen molar-refractivity contribution in [2.24, 2.45) is 0 Å². The highest BCUT2D eigenvalue weighted by Gasteiger charge is 2.07. The molecule has 0 aliphatic carbocycles. The van der Waals surface area contributed by atoms with Crippen molar-refractivity contribution in [3.8, 4) is 0 Å². The van der Waals surface area contributed by atoms with E-state index in [1.165, 1.54) is 11.8 Å². The second-order valence-electron chi connectivity index (χ2n) is 4.89. The lowest BCUT2D eigenvalue weighted by Gasteiger charge is -2.07. The molecule has 0 aliphatic heterocycles. The molecule has 0 bridgehead atoms. The van der Waals surface area contributed by atoms with E-state index in [0.29, 0.717) is 18.1 Å². The molecule has 1 amide bonds. The topological polar surface area (TPSA) is 66.9 Å². The van der Waals surface area contributed by atoms with Crippen LogP contribution in [-0.4, -0.2) is 22.4 Å². The fraction of sp³-hybridized carbons (Fsp3) is 0.312. The number of aromatic nitrogens is 2. The Morgan fingerprint density at radius 3 is 2.52 bits per heavy atom. The summed E-state index contributed by atoms with van der Waals surface area (Å²) < 4.78 is 0. The number of carbonyl (C=O) groups excluding carboxylic acids is 1. The predicted octanol–water partition coefficient (Wildman–Crippen LogP) is 3.06. The number of amides is 1. The Bertz CT molecular complexity index is 578. The Kier molecular flexibility index (Phi) is 5.26.